The fourth-order valence-corrected chi connectivity index (χ4v) is 1.10. The Morgan fingerprint density at radius 1 is 1.60 bits per heavy atom. The quantitative estimate of drug-likeness (QED) is 0.503. The van der Waals surface area contributed by atoms with Gasteiger partial charge in [0, 0.05) is 23.3 Å². The highest BCUT2D eigenvalue weighted by atomic mass is 79.9. The second-order valence-corrected chi connectivity index (χ2v) is 3.66. The van der Waals surface area contributed by atoms with Crippen molar-refractivity contribution in [2.45, 2.75) is 13.0 Å². The SMILES string of the molecule is C/C(=N\OCC(O)CBr)c1ccncc1. The molecule has 0 spiro atoms. The maximum Gasteiger partial charge on any atom is 0.143 e. The molecule has 0 fully saturated rings. The maximum atomic E-state index is 9.19. The third kappa shape index (κ3) is 4.40. The Bertz CT molecular complexity index is 316. The van der Waals surface area contributed by atoms with Crippen molar-refractivity contribution in [3.63, 3.8) is 0 Å². The first-order valence-corrected chi connectivity index (χ1v) is 5.67. The number of aliphatic hydroxyl groups is 1. The van der Waals surface area contributed by atoms with E-state index in [9.17, 15) is 5.11 Å². The zero-order valence-corrected chi connectivity index (χ0v) is 10.0. The van der Waals surface area contributed by atoms with Gasteiger partial charge in [-0.05, 0) is 19.1 Å². The molecule has 0 saturated carbocycles. The van der Waals surface area contributed by atoms with Gasteiger partial charge in [0.25, 0.3) is 0 Å². The fraction of sp³-hybridized carbons (Fsp3) is 0.400. The highest BCUT2D eigenvalue weighted by Gasteiger charge is 2.01. The Hall–Kier alpha value is -0.940. The molecule has 0 aliphatic carbocycles. The molecule has 0 amide bonds. The zero-order valence-electron chi connectivity index (χ0n) is 8.43. The first-order valence-electron chi connectivity index (χ1n) is 4.55. The minimum Gasteiger partial charge on any atom is -0.393 e. The van der Waals surface area contributed by atoms with Crippen molar-refractivity contribution >= 4 is 21.6 Å². The summed E-state index contributed by atoms with van der Waals surface area (Å²) in [5.74, 6) is 0. The molecule has 15 heavy (non-hydrogen) atoms. The predicted octanol–water partition coefficient (Wildman–Crippen LogP) is 1.58. The van der Waals surface area contributed by atoms with Crippen LogP contribution in [0.3, 0.4) is 0 Å². The number of alkyl halides is 1. The number of rotatable bonds is 5. The summed E-state index contributed by atoms with van der Waals surface area (Å²) in [5.41, 5.74) is 1.72. The van der Waals surface area contributed by atoms with Crippen molar-refractivity contribution in [2.75, 3.05) is 11.9 Å². The first-order chi connectivity index (χ1) is 7.24. The molecule has 0 aromatic carbocycles. The monoisotopic (exact) mass is 272 g/mol. The highest BCUT2D eigenvalue weighted by molar-refractivity contribution is 9.09. The summed E-state index contributed by atoms with van der Waals surface area (Å²) in [7, 11) is 0. The van der Waals surface area contributed by atoms with E-state index in [1.807, 2.05) is 19.1 Å². The van der Waals surface area contributed by atoms with Crippen molar-refractivity contribution < 1.29 is 9.94 Å². The lowest BCUT2D eigenvalue weighted by molar-refractivity contribution is 0.0531. The van der Waals surface area contributed by atoms with Crippen LogP contribution in [-0.4, -0.2) is 33.8 Å². The number of aromatic nitrogens is 1. The Morgan fingerprint density at radius 2 is 2.27 bits per heavy atom. The minimum atomic E-state index is -0.529. The van der Waals surface area contributed by atoms with E-state index in [0.29, 0.717) is 5.33 Å². The molecule has 1 heterocycles. The molecule has 0 aliphatic rings. The molecule has 0 bridgehead atoms. The van der Waals surface area contributed by atoms with Gasteiger partial charge in [0.05, 0.1) is 5.71 Å². The van der Waals surface area contributed by atoms with Crippen molar-refractivity contribution in [3.8, 4) is 0 Å². The number of halogens is 1. The van der Waals surface area contributed by atoms with E-state index in [4.69, 9.17) is 4.84 Å². The summed E-state index contributed by atoms with van der Waals surface area (Å²) >= 11 is 3.14. The van der Waals surface area contributed by atoms with Gasteiger partial charge in [-0.3, -0.25) is 4.98 Å². The summed E-state index contributed by atoms with van der Waals surface area (Å²) in [4.78, 5) is 8.90. The molecule has 1 aromatic rings. The van der Waals surface area contributed by atoms with Crippen molar-refractivity contribution in [3.05, 3.63) is 30.1 Å². The molecule has 0 radical (unpaired) electrons. The van der Waals surface area contributed by atoms with Crippen LogP contribution < -0.4 is 0 Å². The normalized spacial score (nSPS) is 13.7. The summed E-state index contributed by atoms with van der Waals surface area (Å²) in [6.45, 7) is 2.03. The summed E-state index contributed by atoms with van der Waals surface area (Å²) in [6, 6.07) is 3.70. The Balaban J connectivity index is 2.47. The van der Waals surface area contributed by atoms with Crippen molar-refractivity contribution in [1.29, 1.82) is 0 Å². The standard InChI is InChI=1S/C10H13BrN2O2/c1-8(9-2-4-12-5-3-9)13-15-7-10(14)6-11/h2-5,10,14H,6-7H2,1H3/b13-8+. The van der Waals surface area contributed by atoms with Gasteiger partial charge in [0.1, 0.15) is 12.7 Å². The summed E-state index contributed by atoms with van der Waals surface area (Å²) < 4.78 is 0. The van der Waals surface area contributed by atoms with Gasteiger partial charge in [0.2, 0.25) is 0 Å². The van der Waals surface area contributed by atoms with E-state index in [0.717, 1.165) is 11.3 Å². The van der Waals surface area contributed by atoms with Crippen LogP contribution in [0.5, 0.6) is 0 Å². The molecular formula is C10H13BrN2O2. The zero-order chi connectivity index (χ0) is 11.1. The number of nitrogens with zero attached hydrogens (tertiary/aromatic N) is 2. The molecule has 1 rings (SSSR count). The van der Waals surface area contributed by atoms with Crippen LogP contribution in [0.1, 0.15) is 12.5 Å². The molecule has 0 aliphatic heterocycles. The van der Waals surface area contributed by atoms with Gasteiger partial charge in [-0.25, -0.2) is 0 Å². The molecule has 1 unspecified atom stereocenters. The fourth-order valence-electron chi connectivity index (χ4n) is 0.910. The van der Waals surface area contributed by atoms with Crippen LogP contribution in [0.4, 0.5) is 0 Å². The van der Waals surface area contributed by atoms with E-state index in [1.165, 1.54) is 0 Å². The van der Waals surface area contributed by atoms with Crippen molar-refractivity contribution in [1.82, 2.24) is 4.98 Å². The number of aliphatic hydroxyl groups excluding tert-OH is 1. The van der Waals surface area contributed by atoms with Gasteiger partial charge in [-0.2, -0.15) is 0 Å². The molecule has 1 N–H and O–H groups in total. The summed E-state index contributed by atoms with van der Waals surface area (Å²) in [6.07, 6.45) is 2.86. The van der Waals surface area contributed by atoms with Gasteiger partial charge in [-0.1, -0.05) is 21.1 Å². The van der Waals surface area contributed by atoms with Crippen LogP contribution in [-0.2, 0) is 4.84 Å². The Labute approximate surface area is 97.1 Å². The Morgan fingerprint density at radius 3 is 2.87 bits per heavy atom. The number of oxime groups is 1. The molecule has 82 valence electrons. The first kappa shape index (κ1) is 12.1. The third-order valence-corrected chi connectivity index (χ3v) is 2.49. The molecule has 1 atom stereocenters. The number of hydrogen-bond donors (Lipinski definition) is 1. The van der Waals surface area contributed by atoms with E-state index in [-0.39, 0.29) is 6.61 Å². The van der Waals surface area contributed by atoms with Gasteiger partial charge in [0.15, 0.2) is 0 Å². The number of hydrogen-bond acceptors (Lipinski definition) is 4. The van der Waals surface area contributed by atoms with E-state index < -0.39 is 6.10 Å². The lowest BCUT2D eigenvalue weighted by Gasteiger charge is -2.05. The second kappa shape index (κ2) is 6.53. The van der Waals surface area contributed by atoms with Crippen LogP contribution in [0.2, 0.25) is 0 Å². The van der Waals surface area contributed by atoms with Crippen molar-refractivity contribution in [2.24, 2.45) is 5.16 Å². The lowest BCUT2D eigenvalue weighted by atomic mass is 10.2. The topological polar surface area (TPSA) is 54.7 Å². The molecular weight excluding hydrogens is 260 g/mol. The smallest absolute Gasteiger partial charge is 0.143 e. The lowest BCUT2D eigenvalue weighted by Crippen LogP contribution is -2.15. The highest BCUT2D eigenvalue weighted by Crippen LogP contribution is 2.00. The van der Waals surface area contributed by atoms with Crippen LogP contribution >= 0.6 is 15.9 Å². The van der Waals surface area contributed by atoms with Crippen LogP contribution in [0.25, 0.3) is 0 Å². The van der Waals surface area contributed by atoms with Gasteiger partial charge in [-0.15, -0.1) is 0 Å². The van der Waals surface area contributed by atoms with E-state index in [1.54, 1.807) is 12.4 Å². The molecule has 4 nitrogen and oxygen atoms in total. The molecule has 1 aromatic heterocycles. The summed E-state index contributed by atoms with van der Waals surface area (Å²) in [5, 5.41) is 13.6. The minimum absolute atomic E-state index is 0.188. The largest absolute Gasteiger partial charge is 0.393 e. The number of pyridine rings is 1. The average Bonchev–Trinajstić information content (AvgIpc) is 2.29. The van der Waals surface area contributed by atoms with Crippen LogP contribution in [0.15, 0.2) is 29.7 Å². The predicted molar refractivity (Wildman–Crippen MR) is 62.2 cm³/mol. The van der Waals surface area contributed by atoms with E-state index >= 15 is 0 Å². The maximum absolute atomic E-state index is 9.19. The molecule has 5 heteroatoms. The van der Waals surface area contributed by atoms with Crippen LogP contribution in [0, 0.1) is 0 Å². The average molecular weight is 273 g/mol. The third-order valence-electron chi connectivity index (χ3n) is 1.74. The Kier molecular flexibility index (Phi) is 5.28. The van der Waals surface area contributed by atoms with Gasteiger partial charge < -0.3 is 9.94 Å². The van der Waals surface area contributed by atoms with E-state index in [2.05, 4.69) is 26.1 Å². The second-order valence-electron chi connectivity index (χ2n) is 3.02. The molecule has 0 saturated heterocycles. The van der Waals surface area contributed by atoms with Gasteiger partial charge >= 0.3 is 0 Å².